The maximum absolute atomic E-state index is 14.0. The lowest BCUT2D eigenvalue weighted by atomic mass is 10.1. The van der Waals surface area contributed by atoms with Gasteiger partial charge in [0, 0.05) is 0 Å². The Morgan fingerprint density at radius 3 is 2.00 bits per heavy atom. The molecule has 1 heterocycles. The zero-order valence-electron chi connectivity index (χ0n) is 12.7. The standard InChI is InChI=1S/C19H19FO3/c20-19-18(23-14-16-9-5-2-6-10-16)17(11-12-21-19)22-13-15-7-3-1-4-8-15/h1-12,17-19H,13-14H2/t17-,18+,19?/m0/s1. The van der Waals surface area contributed by atoms with Crippen LogP contribution in [0.2, 0.25) is 0 Å². The van der Waals surface area contributed by atoms with Crippen molar-refractivity contribution < 1.29 is 18.6 Å². The van der Waals surface area contributed by atoms with Gasteiger partial charge in [0.15, 0.2) is 6.10 Å². The number of halogens is 1. The van der Waals surface area contributed by atoms with Gasteiger partial charge in [0.1, 0.15) is 6.10 Å². The largest absolute Gasteiger partial charge is 0.465 e. The topological polar surface area (TPSA) is 27.7 Å². The van der Waals surface area contributed by atoms with Crippen LogP contribution in [0.4, 0.5) is 4.39 Å². The minimum atomic E-state index is -1.54. The van der Waals surface area contributed by atoms with E-state index in [1.165, 1.54) is 6.26 Å². The summed E-state index contributed by atoms with van der Waals surface area (Å²) in [6.45, 7) is 0.710. The van der Waals surface area contributed by atoms with Crippen LogP contribution in [-0.4, -0.2) is 18.6 Å². The molecule has 0 radical (unpaired) electrons. The lowest BCUT2D eigenvalue weighted by Crippen LogP contribution is -2.41. The Morgan fingerprint density at radius 2 is 1.39 bits per heavy atom. The predicted octanol–water partition coefficient (Wildman–Crippen LogP) is 4.00. The summed E-state index contributed by atoms with van der Waals surface area (Å²) in [5.74, 6) is 0. The number of hydrogen-bond acceptors (Lipinski definition) is 3. The fourth-order valence-corrected chi connectivity index (χ4v) is 2.39. The summed E-state index contributed by atoms with van der Waals surface area (Å²) in [5.41, 5.74) is 2.01. The van der Waals surface area contributed by atoms with Crippen molar-refractivity contribution in [3.8, 4) is 0 Å². The number of alkyl halides is 1. The van der Waals surface area contributed by atoms with Gasteiger partial charge in [0.25, 0.3) is 6.36 Å². The first-order chi connectivity index (χ1) is 11.3. The average molecular weight is 314 g/mol. The van der Waals surface area contributed by atoms with E-state index in [9.17, 15) is 4.39 Å². The summed E-state index contributed by atoms with van der Waals surface area (Å²) in [4.78, 5) is 0. The molecule has 0 bridgehead atoms. The van der Waals surface area contributed by atoms with Gasteiger partial charge in [-0.15, -0.1) is 0 Å². The molecule has 1 unspecified atom stereocenters. The predicted molar refractivity (Wildman–Crippen MR) is 85.2 cm³/mol. The third kappa shape index (κ3) is 4.41. The normalized spacial score (nSPS) is 23.4. The van der Waals surface area contributed by atoms with Gasteiger partial charge in [0.05, 0.1) is 19.5 Å². The van der Waals surface area contributed by atoms with Gasteiger partial charge in [-0.3, -0.25) is 0 Å². The van der Waals surface area contributed by atoms with Crippen molar-refractivity contribution in [2.75, 3.05) is 0 Å². The molecule has 0 saturated heterocycles. The fourth-order valence-electron chi connectivity index (χ4n) is 2.39. The quantitative estimate of drug-likeness (QED) is 0.806. The van der Waals surface area contributed by atoms with Crippen molar-refractivity contribution in [2.24, 2.45) is 0 Å². The van der Waals surface area contributed by atoms with Crippen LogP contribution in [0.15, 0.2) is 73.0 Å². The molecule has 23 heavy (non-hydrogen) atoms. The van der Waals surface area contributed by atoms with E-state index in [2.05, 4.69) is 0 Å². The van der Waals surface area contributed by atoms with E-state index in [-0.39, 0.29) is 0 Å². The molecule has 1 aliphatic heterocycles. The Bertz CT molecular complexity index is 615. The second-order valence-electron chi connectivity index (χ2n) is 5.34. The highest BCUT2D eigenvalue weighted by molar-refractivity contribution is 5.14. The Hall–Kier alpha value is -2.17. The van der Waals surface area contributed by atoms with Gasteiger partial charge in [-0.1, -0.05) is 60.7 Å². The zero-order chi connectivity index (χ0) is 15.9. The van der Waals surface area contributed by atoms with E-state index < -0.39 is 18.6 Å². The molecule has 0 spiro atoms. The lowest BCUT2D eigenvalue weighted by molar-refractivity contribution is -0.170. The first-order valence-electron chi connectivity index (χ1n) is 7.60. The van der Waals surface area contributed by atoms with Crippen LogP contribution in [0.25, 0.3) is 0 Å². The average Bonchev–Trinajstić information content (AvgIpc) is 2.61. The molecular formula is C19H19FO3. The highest BCUT2D eigenvalue weighted by Gasteiger charge is 2.34. The smallest absolute Gasteiger partial charge is 0.266 e. The van der Waals surface area contributed by atoms with Crippen LogP contribution in [0.1, 0.15) is 11.1 Å². The number of ether oxygens (including phenoxy) is 3. The van der Waals surface area contributed by atoms with Crippen LogP contribution < -0.4 is 0 Å². The Balaban J connectivity index is 1.60. The molecule has 120 valence electrons. The minimum Gasteiger partial charge on any atom is -0.465 e. The van der Waals surface area contributed by atoms with Crippen molar-refractivity contribution in [3.05, 3.63) is 84.1 Å². The van der Waals surface area contributed by atoms with Crippen molar-refractivity contribution in [2.45, 2.75) is 31.8 Å². The molecule has 3 nitrogen and oxygen atoms in total. The Labute approximate surface area is 135 Å². The van der Waals surface area contributed by atoms with E-state index in [4.69, 9.17) is 14.2 Å². The summed E-state index contributed by atoms with van der Waals surface area (Å²) in [7, 11) is 0. The Morgan fingerprint density at radius 1 is 0.826 bits per heavy atom. The molecule has 0 saturated carbocycles. The fraction of sp³-hybridized carbons (Fsp3) is 0.263. The molecule has 3 rings (SSSR count). The van der Waals surface area contributed by atoms with Crippen molar-refractivity contribution in [1.82, 2.24) is 0 Å². The third-order valence-corrected chi connectivity index (χ3v) is 3.63. The molecule has 4 heteroatoms. The van der Waals surface area contributed by atoms with Gasteiger partial charge < -0.3 is 14.2 Å². The SMILES string of the molecule is FC1OC=C[C@H](OCc2ccccc2)[C@H]1OCc1ccccc1. The first kappa shape index (κ1) is 15.7. The van der Waals surface area contributed by atoms with Crippen LogP contribution >= 0.6 is 0 Å². The van der Waals surface area contributed by atoms with Crippen molar-refractivity contribution in [1.29, 1.82) is 0 Å². The molecular weight excluding hydrogens is 295 g/mol. The second kappa shape index (κ2) is 7.90. The molecule has 0 aromatic heterocycles. The van der Waals surface area contributed by atoms with E-state index in [0.717, 1.165) is 11.1 Å². The number of hydrogen-bond donors (Lipinski definition) is 0. The molecule has 0 aliphatic carbocycles. The molecule has 3 atom stereocenters. The lowest BCUT2D eigenvalue weighted by Gasteiger charge is -2.30. The summed E-state index contributed by atoms with van der Waals surface area (Å²) < 4.78 is 30.5. The minimum absolute atomic E-state index is 0.314. The van der Waals surface area contributed by atoms with Crippen LogP contribution in [0, 0.1) is 0 Å². The maximum Gasteiger partial charge on any atom is 0.266 e. The van der Waals surface area contributed by atoms with Crippen LogP contribution in [0.3, 0.4) is 0 Å². The monoisotopic (exact) mass is 314 g/mol. The van der Waals surface area contributed by atoms with Crippen LogP contribution in [-0.2, 0) is 27.4 Å². The van der Waals surface area contributed by atoms with Gasteiger partial charge in [-0.05, 0) is 17.2 Å². The van der Waals surface area contributed by atoms with Crippen molar-refractivity contribution in [3.63, 3.8) is 0 Å². The summed E-state index contributed by atoms with van der Waals surface area (Å²) >= 11 is 0. The second-order valence-corrected chi connectivity index (χ2v) is 5.34. The van der Waals surface area contributed by atoms with E-state index >= 15 is 0 Å². The summed E-state index contributed by atoms with van der Waals surface area (Å²) in [6.07, 6.45) is 0.216. The molecule has 0 amide bonds. The summed E-state index contributed by atoms with van der Waals surface area (Å²) in [6, 6.07) is 19.4. The highest BCUT2D eigenvalue weighted by atomic mass is 19.1. The molecule has 2 aromatic carbocycles. The van der Waals surface area contributed by atoms with E-state index in [0.29, 0.717) is 13.2 Å². The van der Waals surface area contributed by atoms with E-state index in [1.54, 1.807) is 6.08 Å². The Kier molecular flexibility index (Phi) is 5.40. The molecule has 2 aromatic rings. The molecule has 0 fully saturated rings. The van der Waals surface area contributed by atoms with Crippen molar-refractivity contribution >= 4 is 0 Å². The highest BCUT2D eigenvalue weighted by Crippen LogP contribution is 2.22. The maximum atomic E-state index is 14.0. The molecule has 0 N–H and O–H groups in total. The third-order valence-electron chi connectivity index (χ3n) is 3.63. The first-order valence-corrected chi connectivity index (χ1v) is 7.60. The van der Waals surface area contributed by atoms with E-state index in [1.807, 2.05) is 60.7 Å². The van der Waals surface area contributed by atoms with Crippen LogP contribution in [0.5, 0.6) is 0 Å². The van der Waals surface area contributed by atoms with Gasteiger partial charge in [0.2, 0.25) is 0 Å². The molecule has 1 aliphatic rings. The summed E-state index contributed by atoms with van der Waals surface area (Å²) in [5, 5.41) is 0. The number of benzene rings is 2. The number of rotatable bonds is 6. The zero-order valence-corrected chi connectivity index (χ0v) is 12.7. The van der Waals surface area contributed by atoms with Gasteiger partial charge in [-0.25, -0.2) is 0 Å². The van der Waals surface area contributed by atoms with Gasteiger partial charge in [-0.2, -0.15) is 4.39 Å². The van der Waals surface area contributed by atoms with Gasteiger partial charge >= 0.3 is 0 Å².